The van der Waals surface area contributed by atoms with E-state index in [4.69, 9.17) is 5.11 Å². The first kappa shape index (κ1) is 8.81. The van der Waals surface area contributed by atoms with Gasteiger partial charge in [-0.2, -0.15) is 0 Å². The van der Waals surface area contributed by atoms with Gasteiger partial charge in [-0.3, -0.25) is 0 Å². The Morgan fingerprint density at radius 3 is 2.77 bits per heavy atom. The highest BCUT2D eigenvalue weighted by atomic mass is 79.9. The van der Waals surface area contributed by atoms with Crippen molar-refractivity contribution in [3.05, 3.63) is 21.9 Å². The van der Waals surface area contributed by atoms with E-state index >= 15 is 0 Å². The van der Waals surface area contributed by atoms with Crippen LogP contribution in [-0.4, -0.2) is 15.6 Å². The maximum absolute atomic E-state index is 10.9. The smallest absolute Gasteiger partial charge is 0.338 e. The molecule has 3 nitrogen and oxygen atoms in total. The molecule has 0 saturated heterocycles. The minimum Gasteiger partial charge on any atom is -0.478 e. The molecule has 1 fully saturated rings. The van der Waals surface area contributed by atoms with E-state index in [0.29, 0.717) is 16.0 Å². The summed E-state index contributed by atoms with van der Waals surface area (Å²) in [5, 5.41) is 8.99. The average molecular weight is 244 g/mol. The summed E-state index contributed by atoms with van der Waals surface area (Å²) in [5.74, 6) is -0.378. The summed E-state index contributed by atoms with van der Waals surface area (Å²) in [6, 6.07) is 0. The summed E-state index contributed by atoms with van der Waals surface area (Å²) in [7, 11) is 1.89. The van der Waals surface area contributed by atoms with Crippen LogP contribution in [0.25, 0.3) is 0 Å². The zero-order chi connectivity index (χ0) is 9.59. The molecule has 1 N–H and O–H groups in total. The molecule has 0 amide bonds. The van der Waals surface area contributed by atoms with E-state index in [9.17, 15) is 4.79 Å². The predicted octanol–water partition coefficient (Wildman–Crippen LogP) is 2.36. The van der Waals surface area contributed by atoms with Gasteiger partial charge < -0.3 is 9.67 Å². The van der Waals surface area contributed by atoms with Crippen molar-refractivity contribution < 1.29 is 9.90 Å². The van der Waals surface area contributed by atoms with Crippen LogP contribution in [0.3, 0.4) is 0 Å². The molecule has 13 heavy (non-hydrogen) atoms. The number of aromatic carboxylic acids is 1. The molecule has 1 aliphatic rings. The minimum absolute atomic E-state index is 0.435. The van der Waals surface area contributed by atoms with Crippen molar-refractivity contribution >= 4 is 21.9 Å². The van der Waals surface area contributed by atoms with E-state index in [-0.39, 0.29) is 0 Å². The maximum Gasteiger partial charge on any atom is 0.338 e. The van der Waals surface area contributed by atoms with Crippen molar-refractivity contribution in [1.82, 2.24) is 4.57 Å². The van der Waals surface area contributed by atoms with Gasteiger partial charge in [0.05, 0.1) is 10.0 Å². The predicted molar refractivity (Wildman–Crippen MR) is 52.0 cm³/mol. The minimum atomic E-state index is -0.839. The molecule has 0 unspecified atom stereocenters. The second kappa shape index (κ2) is 2.87. The van der Waals surface area contributed by atoms with E-state index in [1.807, 2.05) is 17.8 Å². The number of halogens is 1. The number of rotatable bonds is 2. The number of nitrogens with zero attached hydrogens (tertiary/aromatic N) is 1. The zero-order valence-corrected chi connectivity index (χ0v) is 8.84. The number of carboxylic acids is 1. The van der Waals surface area contributed by atoms with Crippen LogP contribution in [-0.2, 0) is 7.05 Å². The van der Waals surface area contributed by atoms with Gasteiger partial charge in [0.1, 0.15) is 0 Å². The van der Waals surface area contributed by atoms with E-state index < -0.39 is 5.97 Å². The fraction of sp³-hybridized carbons (Fsp3) is 0.444. The van der Waals surface area contributed by atoms with E-state index in [0.717, 1.165) is 18.5 Å². The molecule has 1 heterocycles. The van der Waals surface area contributed by atoms with E-state index in [1.54, 1.807) is 0 Å². The Hall–Kier alpha value is -0.770. The van der Waals surface area contributed by atoms with Crippen LogP contribution in [0.2, 0.25) is 0 Å². The molecule has 2 rings (SSSR count). The van der Waals surface area contributed by atoms with Gasteiger partial charge >= 0.3 is 5.97 Å². The highest BCUT2D eigenvalue weighted by Gasteiger charge is 2.32. The number of aryl methyl sites for hydroxylation is 1. The van der Waals surface area contributed by atoms with Gasteiger partial charge in [0, 0.05) is 24.9 Å². The average Bonchev–Trinajstić information content (AvgIpc) is 2.77. The van der Waals surface area contributed by atoms with Crippen molar-refractivity contribution in [2.75, 3.05) is 0 Å². The Morgan fingerprint density at radius 1 is 1.69 bits per heavy atom. The van der Waals surface area contributed by atoms with Gasteiger partial charge in [-0.25, -0.2) is 4.79 Å². The molecule has 1 saturated carbocycles. The largest absolute Gasteiger partial charge is 0.478 e. The number of carbonyl (C=O) groups is 1. The van der Waals surface area contributed by atoms with Gasteiger partial charge in [0.25, 0.3) is 0 Å². The van der Waals surface area contributed by atoms with Crippen molar-refractivity contribution in [3.63, 3.8) is 0 Å². The Kier molecular flexibility index (Phi) is 1.95. The lowest BCUT2D eigenvalue weighted by molar-refractivity contribution is 0.0694. The summed E-state index contributed by atoms with van der Waals surface area (Å²) < 4.78 is 2.59. The van der Waals surface area contributed by atoms with Crippen molar-refractivity contribution in [1.29, 1.82) is 0 Å². The monoisotopic (exact) mass is 243 g/mol. The maximum atomic E-state index is 10.9. The lowest BCUT2D eigenvalue weighted by Crippen LogP contribution is -2.02. The topological polar surface area (TPSA) is 42.2 Å². The Morgan fingerprint density at radius 2 is 2.31 bits per heavy atom. The molecule has 1 aromatic rings. The summed E-state index contributed by atoms with van der Waals surface area (Å²) in [6.07, 6.45) is 4.05. The standard InChI is InChI=1S/C9H10BrNO2/c1-11-4-6(10)7(9(12)13)8(11)5-2-3-5/h4-5H,2-3H2,1H3,(H,12,13). The second-order valence-electron chi connectivity index (χ2n) is 3.43. The molecule has 0 bridgehead atoms. The summed E-state index contributed by atoms with van der Waals surface area (Å²) in [4.78, 5) is 10.9. The first-order valence-electron chi connectivity index (χ1n) is 4.19. The third kappa shape index (κ3) is 1.39. The fourth-order valence-electron chi connectivity index (χ4n) is 1.66. The van der Waals surface area contributed by atoms with E-state index in [1.165, 1.54) is 0 Å². The van der Waals surface area contributed by atoms with Crippen LogP contribution >= 0.6 is 15.9 Å². The first-order valence-corrected chi connectivity index (χ1v) is 4.98. The van der Waals surface area contributed by atoms with Crippen LogP contribution in [0.15, 0.2) is 10.7 Å². The quantitative estimate of drug-likeness (QED) is 0.867. The molecule has 0 radical (unpaired) electrons. The molecule has 0 aromatic carbocycles. The highest BCUT2D eigenvalue weighted by molar-refractivity contribution is 9.10. The van der Waals surface area contributed by atoms with Gasteiger partial charge in [-0.15, -0.1) is 0 Å². The zero-order valence-electron chi connectivity index (χ0n) is 7.25. The van der Waals surface area contributed by atoms with Crippen molar-refractivity contribution in [3.8, 4) is 0 Å². The Balaban J connectivity index is 2.56. The van der Waals surface area contributed by atoms with Crippen molar-refractivity contribution in [2.45, 2.75) is 18.8 Å². The first-order chi connectivity index (χ1) is 6.11. The number of carboxylic acid groups (broad SMARTS) is 1. The third-order valence-electron chi connectivity index (χ3n) is 2.36. The summed E-state index contributed by atoms with van der Waals surface area (Å²) >= 11 is 3.26. The number of aromatic nitrogens is 1. The van der Waals surface area contributed by atoms with Gasteiger partial charge in [0.2, 0.25) is 0 Å². The van der Waals surface area contributed by atoms with Crippen molar-refractivity contribution in [2.24, 2.45) is 7.05 Å². The van der Waals surface area contributed by atoms with Gasteiger partial charge in [-0.05, 0) is 28.8 Å². The van der Waals surface area contributed by atoms with Gasteiger partial charge in [-0.1, -0.05) is 0 Å². The molecule has 70 valence electrons. The number of hydrogen-bond donors (Lipinski definition) is 1. The van der Waals surface area contributed by atoms with Crippen LogP contribution < -0.4 is 0 Å². The van der Waals surface area contributed by atoms with Crippen LogP contribution in [0, 0.1) is 0 Å². The molecular weight excluding hydrogens is 234 g/mol. The SMILES string of the molecule is Cn1cc(Br)c(C(=O)O)c1C1CC1. The fourth-order valence-corrected chi connectivity index (χ4v) is 2.34. The Labute approximate surface area is 84.5 Å². The van der Waals surface area contributed by atoms with Crippen LogP contribution in [0.5, 0.6) is 0 Å². The van der Waals surface area contributed by atoms with Crippen LogP contribution in [0.4, 0.5) is 0 Å². The lowest BCUT2D eigenvalue weighted by Gasteiger charge is -2.01. The summed E-state index contributed by atoms with van der Waals surface area (Å²) in [6.45, 7) is 0. The second-order valence-corrected chi connectivity index (χ2v) is 4.28. The normalized spacial score (nSPS) is 16.2. The molecule has 0 aliphatic heterocycles. The van der Waals surface area contributed by atoms with E-state index in [2.05, 4.69) is 15.9 Å². The highest BCUT2D eigenvalue weighted by Crippen LogP contribution is 2.43. The Bertz CT molecular complexity index is 366. The molecule has 4 heteroatoms. The third-order valence-corrected chi connectivity index (χ3v) is 2.96. The molecule has 1 aliphatic carbocycles. The number of hydrogen-bond acceptors (Lipinski definition) is 1. The van der Waals surface area contributed by atoms with Crippen LogP contribution in [0.1, 0.15) is 34.8 Å². The summed E-state index contributed by atoms with van der Waals surface area (Å²) in [5.41, 5.74) is 1.39. The van der Waals surface area contributed by atoms with Gasteiger partial charge in [0.15, 0.2) is 0 Å². The molecule has 1 aromatic heterocycles. The molecule has 0 spiro atoms. The lowest BCUT2D eigenvalue weighted by atomic mass is 10.2. The molecule has 0 atom stereocenters. The molecular formula is C9H10BrNO2.